The molecule has 28 heavy (non-hydrogen) atoms. The number of carbonyl (C=O) groups excluding carboxylic acids is 1. The SMILES string of the molecule is CN(C(C(=O)N1CCC(Cc2ccccc2)CC1)c1ccccc1)S(C)(=O)=O. The van der Waals surface area contributed by atoms with Gasteiger partial charge < -0.3 is 4.90 Å². The number of hydrogen-bond acceptors (Lipinski definition) is 3. The molecule has 2 aromatic rings. The maximum atomic E-state index is 13.3. The van der Waals surface area contributed by atoms with Gasteiger partial charge in [0.2, 0.25) is 15.9 Å². The molecule has 1 saturated heterocycles. The third-order valence-corrected chi connectivity index (χ3v) is 6.79. The van der Waals surface area contributed by atoms with Crippen molar-refractivity contribution in [3.8, 4) is 0 Å². The molecule has 1 heterocycles. The Hall–Kier alpha value is -2.18. The fourth-order valence-electron chi connectivity index (χ4n) is 3.81. The molecule has 1 atom stereocenters. The smallest absolute Gasteiger partial charge is 0.245 e. The lowest BCUT2D eigenvalue weighted by Crippen LogP contribution is -2.46. The Morgan fingerprint density at radius 3 is 2.11 bits per heavy atom. The second-order valence-corrected chi connectivity index (χ2v) is 9.59. The summed E-state index contributed by atoms with van der Waals surface area (Å²) >= 11 is 0. The van der Waals surface area contributed by atoms with Gasteiger partial charge in [0, 0.05) is 20.1 Å². The number of sulfonamides is 1. The van der Waals surface area contributed by atoms with E-state index in [-0.39, 0.29) is 5.91 Å². The number of carbonyl (C=O) groups is 1. The second kappa shape index (κ2) is 8.88. The summed E-state index contributed by atoms with van der Waals surface area (Å²) in [7, 11) is -2.02. The van der Waals surface area contributed by atoms with Crippen molar-refractivity contribution >= 4 is 15.9 Å². The van der Waals surface area contributed by atoms with Gasteiger partial charge in [0.25, 0.3) is 0 Å². The molecule has 0 aliphatic carbocycles. The van der Waals surface area contributed by atoms with Gasteiger partial charge in [-0.3, -0.25) is 4.79 Å². The maximum Gasteiger partial charge on any atom is 0.245 e. The predicted octanol–water partition coefficient (Wildman–Crippen LogP) is 3.10. The summed E-state index contributed by atoms with van der Waals surface area (Å²) in [5.41, 5.74) is 2.03. The van der Waals surface area contributed by atoms with Gasteiger partial charge >= 0.3 is 0 Å². The molecule has 2 aromatic carbocycles. The zero-order valence-corrected chi connectivity index (χ0v) is 17.3. The number of likely N-dealkylation sites (N-methyl/N-ethyl adjacent to an activating group) is 1. The topological polar surface area (TPSA) is 57.7 Å². The van der Waals surface area contributed by atoms with E-state index in [0.717, 1.165) is 25.5 Å². The first-order valence-corrected chi connectivity index (χ1v) is 11.5. The molecule has 1 aliphatic heterocycles. The first-order chi connectivity index (χ1) is 13.4. The third-order valence-electron chi connectivity index (χ3n) is 5.53. The van der Waals surface area contributed by atoms with Crippen LogP contribution in [0, 0.1) is 5.92 Å². The van der Waals surface area contributed by atoms with Crippen molar-refractivity contribution in [3.63, 3.8) is 0 Å². The van der Waals surface area contributed by atoms with Gasteiger partial charge in [-0.05, 0) is 36.3 Å². The molecule has 3 rings (SSSR count). The van der Waals surface area contributed by atoms with Crippen molar-refractivity contribution in [3.05, 3.63) is 71.8 Å². The molecule has 1 amide bonds. The molecule has 0 radical (unpaired) electrons. The summed E-state index contributed by atoms with van der Waals surface area (Å²) in [6.45, 7) is 1.33. The van der Waals surface area contributed by atoms with Crippen LogP contribution in [0.5, 0.6) is 0 Å². The maximum absolute atomic E-state index is 13.3. The molecule has 5 nitrogen and oxygen atoms in total. The first kappa shape index (κ1) is 20.6. The number of nitrogens with zero attached hydrogens (tertiary/aromatic N) is 2. The van der Waals surface area contributed by atoms with Crippen LogP contribution in [-0.4, -0.2) is 49.9 Å². The van der Waals surface area contributed by atoms with Gasteiger partial charge in [-0.15, -0.1) is 0 Å². The molecule has 1 unspecified atom stereocenters. The Labute approximate surface area is 168 Å². The molecular weight excluding hydrogens is 372 g/mol. The summed E-state index contributed by atoms with van der Waals surface area (Å²) in [6.07, 6.45) is 4.03. The summed E-state index contributed by atoms with van der Waals surface area (Å²) in [6, 6.07) is 18.7. The third kappa shape index (κ3) is 5.00. The van der Waals surface area contributed by atoms with E-state index < -0.39 is 16.1 Å². The Kier molecular flexibility index (Phi) is 6.52. The van der Waals surface area contributed by atoms with Gasteiger partial charge in [0.05, 0.1) is 6.26 Å². The van der Waals surface area contributed by atoms with Crippen LogP contribution in [0.1, 0.15) is 30.0 Å². The molecule has 0 N–H and O–H groups in total. The van der Waals surface area contributed by atoms with Crippen molar-refractivity contribution in [2.45, 2.75) is 25.3 Å². The number of benzene rings is 2. The fraction of sp³-hybridized carbons (Fsp3) is 0.409. The van der Waals surface area contributed by atoms with E-state index in [4.69, 9.17) is 0 Å². The standard InChI is InChI=1S/C22H28N2O3S/c1-23(28(2,26)27)21(20-11-7-4-8-12-20)22(25)24-15-13-19(14-16-24)17-18-9-5-3-6-10-18/h3-12,19,21H,13-17H2,1-2H3. The van der Waals surface area contributed by atoms with E-state index in [2.05, 4.69) is 24.3 Å². The van der Waals surface area contributed by atoms with Crippen molar-refractivity contribution in [1.29, 1.82) is 0 Å². The average molecular weight is 401 g/mol. The number of hydrogen-bond donors (Lipinski definition) is 0. The Bertz CT molecular complexity index is 877. The summed E-state index contributed by atoms with van der Waals surface area (Å²) in [5, 5.41) is 0. The molecular formula is C22H28N2O3S. The van der Waals surface area contributed by atoms with E-state index in [1.807, 2.05) is 41.3 Å². The van der Waals surface area contributed by atoms with Gasteiger partial charge in [0.15, 0.2) is 0 Å². The lowest BCUT2D eigenvalue weighted by Gasteiger charge is -2.36. The van der Waals surface area contributed by atoms with Crippen molar-refractivity contribution < 1.29 is 13.2 Å². The van der Waals surface area contributed by atoms with Crippen LogP contribution in [0.2, 0.25) is 0 Å². The molecule has 150 valence electrons. The van der Waals surface area contributed by atoms with Crippen LogP contribution in [0.4, 0.5) is 0 Å². The molecule has 1 aliphatic rings. The zero-order chi connectivity index (χ0) is 20.1. The summed E-state index contributed by atoms with van der Waals surface area (Å²) in [4.78, 5) is 15.1. The molecule has 1 fully saturated rings. The summed E-state index contributed by atoms with van der Waals surface area (Å²) < 4.78 is 25.5. The van der Waals surface area contributed by atoms with Crippen molar-refractivity contribution in [2.24, 2.45) is 5.92 Å². The largest absolute Gasteiger partial charge is 0.341 e. The van der Waals surface area contributed by atoms with E-state index >= 15 is 0 Å². The minimum absolute atomic E-state index is 0.141. The van der Waals surface area contributed by atoms with Gasteiger partial charge in [0.1, 0.15) is 6.04 Å². The highest BCUT2D eigenvalue weighted by atomic mass is 32.2. The Balaban J connectivity index is 1.70. The highest BCUT2D eigenvalue weighted by Gasteiger charge is 2.35. The van der Waals surface area contributed by atoms with E-state index in [9.17, 15) is 13.2 Å². The van der Waals surface area contributed by atoms with Crippen LogP contribution in [0.3, 0.4) is 0 Å². The Morgan fingerprint density at radius 1 is 1.04 bits per heavy atom. The Morgan fingerprint density at radius 2 is 1.57 bits per heavy atom. The van der Waals surface area contributed by atoms with Gasteiger partial charge in [-0.1, -0.05) is 60.7 Å². The monoisotopic (exact) mass is 400 g/mol. The molecule has 0 spiro atoms. The number of piperidine rings is 1. The molecule has 0 bridgehead atoms. The average Bonchev–Trinajstić information content (AvgIpc) is 2.69. The number of likely N-dealkylation sites (tertiary alicyclic amines) is 1. The minimum atomic E-state index is -3.50. The van der Waals surface area contributed by atoms with Crippen LogP contribution >= 0.6 is 0 Å². The molecule has 0 aromatic heterocycles. The molecule has 6 heteroatoms. The fourth-order valence-corrected chi connectivity index (χ4v) is 4.41. The van der Waals surface area contributed by atoms with Crippen molar-refractivity contribution in [2.75, 3.05) is 26.4 Å². The predicted molar refractivity (Wildman–Crippen MR) is 111 cm³/mol. The normalized spacial score (nSPS) is 16.9. The van der Waals surface area contributed by atoms with Crippen LogP contribution in [-0.2, 0) is 21.2 Å². The summed E-state index contributed by atoms with van der Waals surface area (Å²) in [5.74, 6) is 0.409. The van der Waals surface area contributed by atoms with E-state index in [1.54, 1.807) is 0 Å². The van der Waals surface area contributed by atoms with Gasteiger partial charge in [-0.25, -0.2) is 8.42 Å². The lowest BCUT2D eigenvalue weighted by molar-refractivity contribution is -0.136. The van der Waals surface area contributed by atoms with E-state index in [0.29, 0.717) is 24.6 Å². The molecule has 0 saturated carbocycles. The number of rotatable bonds is 6. The lowest BCUT2D eigenvalue weighted by atomic mass is 9.90. The quantitative estimate of drug-likeness (QED) is 0.749. The van der Waals surface area contributed by atoms with Crippen LogP contribution in [0.15, 0.2) is 60.7 Å². The second-order valence-electron chi connectivity index (χ2n) is 7.55. The van der Waals surface area contributed by atoms with Gasteiger partial charge in [-0.2, -0.15) is 4.31 Å². The van der Waals surface area contributed by atoms with E-state index in [1.165, 1.54) is 16.9 Å². The zero-order valence-electron chi connectivity index (χ0n) is 16.5. The van der Waals surface area contributed by atoms with Crippen LogP contribution < -0.4 is 0 Å². The van der Waals surface area contributed by atoms with Crippen molar-refractivity contribution in [1.82, 2.24) is 9.21 Å². The minimum Gasteiger partial charge on any atom is -0.341 e. The number of amides is 1. The highest BCUT2D eigenvalue weighted by Crippen LogP contribution is 2.28. The first-order valence-electron chi connectivity index (χ1n) is 9.67. The van der Waals surface area contributed by atoms with Crippen LogP contribution in [0.25, 0.3) is 0 Å². The highest BCUT2D eigenvalue weighted by molar-refractivity contribution is 7.88.